The Labute approximate surface area is 135 Å². The summed E-state index contributed by atoms with van der Waals surface area (Å²) in [5.41, 5.74) is -0.451. The fourth-order valence-electron chi connectivity index (χ4n) is 2.57. The molecule has 0 radical (unpaired) electrons. The number of fused-ring (bicyclic) bond motifs is 1. The second-order valence-corrected chi connectivity index (χ2v) is 5.39. The van der Waals surface area contributed by atoms with Crippen LogP contribution in [-0.2, 0) is 4.74 Å². The van der Waals surface area contributed by atoms with Crippen LogP contribution in [0.5, 0.6) is 0 Å². The van der Waals surface area contributed by atoms with Crippen molar-refractivity contribution in [1.82, 2.24) is 10.2 Å². The number of carbonyl (C=O) groups excluding carboxylic acids is 1. The molecule has 1 atom stereocenters. The zero-order chi connectivity index (χ0) is 16.5. The molecule has 8 nitrogen and oxygen atoms in total. The van der Waals surface area contributed by atoms with E-state index in [9.17, 15) is 9.59 Å². The number of hydrogen-bond acceptors (Lipinski definition) is 7. The third kappa shape index (κ3) is 2.67. The molecule has 0 bridgehead atoms. The highest BCUT2D eigenvalue weighted by atomic mass is 16.5. The van der Waals surface area contributed by atoms with Crippen molar-refractivity contribution in [3.63, 3.8) is 0 Å². The summed E-state index contributed by atoms with van der Waals surface area (Å²) in [6.07, 6.45) is 1.48. The number of hydrogen-bond donors (Lipinski definition) is 1. The van der Waals surface area contributed by atoms with E-state index in [1.165, 1.54) is 6.07 Å². The van der Waals surface area contributed by atoms with Crippen LogP contribution in [0, 0.1) is 0 Å². The van der Waals surface area contributed by atoms with E-state index < -0.39 is 11.5 Å². The van der Waals surface area contributed by atoms with Crippen LogP contribution in [0.3, 0.4) is 0 Å². The minimum atomic E-state index is -0.731. The number of rotatable bonds is 3. The van der Waals surface area contributed by atoms with Crippen molar-refractivity contribution in [2.45, 2.75) is 18.9 Å². The maximum absolute atomic E-state index is 12.3. The maximum Gasteiger partial charge on any atom is 0.349 e. The van der Waals surface area contributed by atoms with Crippen LogP contribution in [0.15, 0.2) is 44.0 Å². The molecule has 1 saturated heterocycles. The molecule has 1 N–H and O–H groups in total. The number of nitrogens with one attached hydrogen (secondary N) is 1. The predicted octanol–water partition coefficient (Wildman–Crippen LogP) is 2.28. The molecule has 3 heterocycles. The maximum atomic E-state index is 12.3. The third-order valence-electron chi connectivity index (χ3n) is 3.75. The smallest absolute Gasteiger partial charge is 0.349 e. The summed E-state index contributed by atoms with van der Waals surface area (Å²) in [4.78, 5) is 24.2. The Morgan fingerprint density at radius 1 is 1.21 bits per heavy atom. The highest BCUT2D eigenvalue weighted by Gasteiger charge is 2.24. The number of nitrogens with zero attached hydrogens (tertiary/aromatic N) is 2. The quantitative estimate of drug-likeness (QED) is 0.735. The number of anilines is 1. The van der Waals surface area contributed by atoms with Gasteiger partial charge in [-0.2, -0.15) is 0 Å². The van der Waals surface area contributed by atoms with Crippen molar-refractivity contribution < 1.29 is 18.4 Å². The lowest BCUT2D eigenvalue weighted by atomic mass is 10.2. The molecule has 24 heavy (non-hydrogen) atoms. The fourth-order valence-corrected chi connectivity index (χ4v) is 2.57. The predicted molar refractivity (Wildman–Crippen MR) is 82.7 cm³/mol. The number of aromatic nitrogens is 2. The Bertz CT molecular complexity index is 956. The lowest BCUT2D eigenvalue weighted by Crippen LogP contribution is -2.20. The van der Waals surface area contributed by atoms with Gasteiger partial charge in [0.2, 0.25) is 5.89 Å². The molecule has 1 aliphatic rings. The molecule has 4 rings (SSSR count). The Balaban J connectivity index is 1.58. The van der Waals surface area contributed by atoms with Gasteiger partial charge < -0.3 is 13.6 Å². The van der Waals surface area contributed by atoms with E-state index in [-0.39, 0.29) is 17.7 Å². The second-order valence-electron chi connectivity index (χ2n) is 5.39. The van der Waals surface area contributed by atoms with E-state index in [0.29, 0.717) is 23.5 Å². The van der Waals surface area contributed by atoms with Gasteiger partial charge in [-0.25, -0.2) is 4.79 Å². The topological polar surface area (TPSA) is 107 Å². The first-order valence-electron chi connectivity index (χ1n) is 7.50. The summed E-state index contributed by atoms with van der Waals surface area (Å²) in [6.45, 7) is 0.646. The zero-order valence-corrected chi connectivity index (χ0v) is 12.5. The summed E-state index contributed by atoms with van der Waals surface area (Å²) in [5.74, 6) is -0.356. The molecule has 1 aliphatic heterocycles. The third-order valence-corrected chi connectivity index (χ3v) is 3.75. The van der Waals surface area contributed by atoms with Crippen molar-refractivity contribution in [2.75, 3.05) is 11.9 Å². The van der Waals surface area contributed by atoms with Crippen LogP contribution in [0.25, 0.3) is 11.0 Å². The Hall–Kier alpha value is -3.00. The van der Waals surface area contributed by atoms with Gasteiger partial charge in [-0.15, -0.1) is 5.10 Å². The monoisotopic (exact) mass is 327 g/mol. The zero-order valence-electron chi connectivity index (χ0n) is 12.5. The summed E-state index contributed by atoms with van der Waals surface area (Å²) in [7, 11) is 0. The molecular weight excluding hydrogens is 314 g/mol. The van der Waals surface area contributed by atoms with Crippen LogP contribution >= 0.6 is 0 Å². The molecule has 0 saturated carbocycles. The molecule has 2 aromatic heterocycles. The van der Waals surface area contributed by atoms with Gasteiger partial charge >= 0.3 is 11.6 Å². The average molecular weight is 327 g/mol. The lowest BCUT2D eigenvalue weighted by molar-refractivity contribution is 0.0892. The second kappa shape index (κ2) is 5.89. The van der Waals surface area contributed by atoms with Crippen LogP contribution in [-0.4, -0.2) is 22.7 Å². The van der Waals surface area contributed by atoms with Crippen LogP contribution in [0.4, 0.5) is 6.01 Å². The van der Waals surface area contributed by atoms with E-state index >= 15 is 0 Å². The highest BCUT2D eigenvalue weighted by molar-refractivity contribution is 6.04. The summed E-state index contributed by atoms with van der Waals surface area (Å²) in [6, 6.07) is 8.32. The van der Waals surface area contributed by atoms with Gasteiger partial charge in [-0.05, 0) is 25.0 Å². The van der Waals surface area contributed by atoms with Gasteiger partial charge in [0.25, 0.3) is 5.91 Å². The molecule has 1 aromatic carbocycles. The first-order chi connectivity index (χ1) is 11.7. The van der Waals surface area contributed by atoms with E-state index in [2.05, 4.69) is 15.5 Å². The van der Waals surface area contributed by atoms with Gasteiger partial charge in [-0.3, -0.25) is 10.1 Å². The van der Waals surface area contributed by atoms with Crippen molar-refractivity contribution in [3.05, 3.63) is 52.2 Å². The standard InChI is InChI=1S/C16H13N3O5/c20-13(10-8-9-4-1-2-5-11(9)23-15(10)21)17-16-19-18-14(24-16)12-6-3-7-22-12/h1-2,4-5,8,12H,3,6-7H2,(H,17,19,20)/t12-/m1/s1. The van der Waals surface area contributed by atoms with E-state index in [0.717, 1.165) is 12.8 Å². The number of para-hydroxylation sites is 1. The van der Waals surface area contributed by atoms with Crippen LogP contribution in [0.1, 0.15) is 35.2 Å². The minimum absolute atomic E-state index is 0.0851. The molecule has 0 spiro atoms. The summed E-state index contributed by atoms with van der Waals surface area (Å²) < 4.78 is 15.9. The van der Waals surface area contributed by atoms with Crippen molar-refractivity contribution in [1.29, 1.82) is 0 Å². The Morgan fingerprint density at radius 2 is 2.08 bits per heavy atom. The van der Waals surface area contributed by atoms with Gasteiger partial charge in [0, 0.05) is 12.0 Å². The average Bonchev–Trinajstić information content (AvgIpc) is 3.25. The molecule has 3 aromatic rings. The number of carbonyl (C=O) groups is 1. The minimum Gasteiger partial charge on any atom is -0.422 e. The van der Waals surface area contributed by atoms with Crippen LogP contribution in [0.2, 0.25) is 0 Å². The lowest BCUT2D eigenvalue weighted by Gasteiger charge is -2.03. The number of amides is 1. The molecule has 1 amide bonds. The van der Waals surface area contributed by atoms with E-state index in [1.807, 2.05) is 0 Å². The van der Waals surface area contributed by atoms with Crippen molar-refractivity contribution in [2.24, 2.45) is 0 Å². The van der Waals surface area contributed by atoms with Crippen LogP contribution < -0.4 is 10.9 Å². The Kier molecular flexibility index (Phi) is 3.58. The molecule has 0 unspecified atom stereocenters. The van der Waals surface area contributed by atoms with E-state index in [1.54, 1.807) is 24.3 Å². The summed E-state index contributed by atoms with van der Waals surface area (Å²) >= 11 is 0. The first kappa shape index (κ1) is 14.6. The van der Waals surface area contributed by atoms with Gasteiger partial charge in [-0.1, -0.05) is 23.3 Å². The molecule has 1 fully saturated rings. The molecule has 0 aliphatic carbocycles. The first-order valence-corrected chi connectivity index (χ1v) is 7.50. The largest absolute Gasteiger partial charge is 0.422 e. The van der Waals surface area contributed by atoms with Gasteiger partial charge in [0.1, 0.15) is 17.3 Å². The van der Waals surface area contributed by atoms with Gasteiger partial charge in [0.15, 0.2) is 0 Å². The summed E-state index contributed by atoms with van der Waals surface area (Å²) in [5, 5.41) is 10.7. The van der Waals surface area contributed by atoms with Gasteiger partial charge in [0.05, 0.1) is 0 Å². The number of ether oxygens (including phenoxy) is 1. The highest BCUT2D eigenvalue weighted by Crippen LogP contribution is 2.28. The number of benzene rings is 1. The SMILES string of the molecule is O=C(Nc1nnc([C@H]2CCCO2)o1)c1cc2ccccc2oc1=O. The Morgan fingerprint density at radius 3 is 2.92 bits per heavy atom. The molecule has 8 heteroatoms. The molecular formula is C16H13N3O5. The fraction of sp³-hybridized carbons (Fsp3) is 0.250. The van der Waals surface area contributed by atoms with Crippen molar-refractivity contribution >= 4 is 22.9 Å². The van der Waals surface area contributed by atoms with E-state index in [4.69, 9.17) is 13.6 Å². The normalized spacial score (nSPS) is 17.2. The molecule has 122 valence electrons. The van der Waals surface area contributed by atoms with Crippen molar-refractivity contribution in [3.8, 4) is 0 Å².